The first-order chi connectivity index (χ1) is 11.0. The van der Waals surface area contributed by atoms with Crippen LogP contribution < -0.4 is 10.5 Å². The molecule has 2 aromatic heterocycles. The van der Waals surface area contributed by atoms with Crippen molar-refractivity contribution in [2.75, 3.05) is 0 Å². The lowest BCUT2D eigenvalue weighted by Gasteiger charge is -2.12. The van der Waals surface area contributed by atoms with Crippen LogP contribution >= 0.6 is 23.2 Å². The number of pyridine rings is 1. The third-order valence-corrected chi connectivity index (χ3v) is 3.61. The molecule has 1 aromatic carbocycles. The highest BCUT2D eigenvalue weighted by atomic mass is 35.5. The molecule has 5 nitrogen and oxygen atoms in total. The van der Waals surface area contributed by atoms with Crippen LogP contribution in [0.1, 0.15) is 5.69 Å². The summed E-state index contributed by atoms with van der Waals surface area (Å²) in [4.78, 5) is 3.99. The van der Waals surface area contributed by atoms with Crippen LogP contribution in [-0.4, -0.2) is 21.4 Å². The second-order valence-corrected chi connectivity index (χ2v) is 5.40. The number of hydrogen-bond acceptors (Lipinski definition) is 4. The van der Waals surface area contributed by atoms with Crippen molar-refractivity contribution in [1.29, 1.82) is 0 Å². The van der Waals surface area contributed by atoms with Crippen molar-refractivity contribution in [2.24, 2.45) is 5.73 Å². The summed E-state index contributed by atoms with van der Waals surface area (Å²) in [5.74, 6) is -0.0645. The quantitative estimate of drug-likeness (QED) is 0.720. The van der Waals surface area contributed by atoms with Gasteiger partial charge in [0.2, 0.25) is 0 Å². The molecule has 0 saturated carbocycles. The van der Waals surface area contributed by atoms with Crippen molar-refractivity contribution in [3.05, 3.63) is 46.3 Å². The van der Waals surface area contributed by atoms with Crippen LogP contribution in [0.4, 0.5) is 8.78 Å². The maximum absolute atomic E-state index is 12.6. The van der Waals surface area contributed by atoms with Gasteiger partial charge in [0.15, 0.2) is 5.75 Å². The van der Waals surface area contributed by atoms with E-state index in [1.165, 1.54) is 29.1 Å². The van der Waals surface area contributed by atoms with Crippen LogP contribution in [0.3, 0.4) is 0 Å². The van der Waals surface area contributed by atoms with Gasteiger partial charge in [0.05, 0.1) is 11.2 Å². The summed E-state index contributed by atoms with van der Waals surface area (Å²) < 4.78 is 31.2. The van der Waals surface area contributed by atoms with Gasteiger partial charge in [0, 0.05) is 29.2 Å². The van der Waals surface area contributed by atoms with E-state index in [1.54, 1.807) is 6.07 Å². The third kappa shape index (κ3) is 3.08. The second kappa shape index (κ2) is 6.27. The highest BCUT2D eigenvalue weighted by Crippen LogP contribution is 2.31. The zero-order chi connectivity index (χ0) is 16.6. The van der Waals surface area contributed by atoms with E-state index in [0.29, 0.717) is 21.6 Å². The molecule has 120 valence electrons. The molecule has 2 heterocycles. The Kier molecular flexibility index (Phi) is 4.34. The summed E-state index contributed by atoms with van der Waals surface area (Å²) in [5, 5.41) is 5.59. The number of aromatic nitrogens is 3. The Balaban J connectivity index is 2.28. The summed E-state index contributed by atoms with van der Waals surface area (Å²) in [5.41, 5.74) is 7.04. The summed E-state index contributed by atoms with van der Waals surface area (Å²) in [6.07, 6.45) is 1.53. The van der Waals surface area contributed by atoms with Gasteiger partial charge >= 0.3 is 6.61 Å². The van der Waals surface area contributed by atoms with Crippen molar-refractivity contribution in [3.8, 4) is 11.4 Å². The zero-order valence-corrected chi connectivity index (χ0v) is 13.0. The van der Waals surface area contributed by atoms with Crippen LogP contribution in [-0.2, 0) is 6.54 Å². The lowest BCUT2D eigenvalue weighted by Crippen LogP contribution is -2.07. The van der Waals surface area contributed by atoms with Gasteiger partial charge in [-0.1, -0.05) is 23.2 Å². The molecule has 23 heavy (non-hydrogen) atoms. The molecule has 0 radical (unpaired) electrons. The predicted octanol–water partition coefficient (Wildman–Crippen LogP) is 3.79. The van der Waals surface area contributed by atoms with E-state index in [4.69, 9.17) is 28.9 Å². The van der Waals surface area contributed by atoms with Gasteiger partial charge in [0.1, 0.15) is 10.8 Å². The third-order valence-electron chi connectivity index (χ3n) is 3.17. The molecule has 0 aliphatic heterocycles. The van der Waals surface area contributed by atoms with Crippen molar-refractivity contribution in [3.63, 3.8) is 0 Å². The Morgan fingerprint density at radius 3 is 2.74 bits per heavy atom. The van der Waals surface area contributed by atoms with Crippen molar-refractivity contribution < 1.29 is 13.5 Å². The van der Waals surface area contributed by atoms with Gasteiger partial charge < -0.3 is 10.5 Å². The fraction of sp³-hybridized carbons (Fsp3) is 0.143. The summed E-state index contributed by atoms with van der Waals surface area (Å²) in [6.45, 7) is -2.82. The van der Waals surface area contributed by atoms with Gasteiger partial charge in [0.25, 0.3) is 0 Å². The van der Waals surface area contributed by atoms with E-state index in [1.807, 2.05) is 0 Å². The average Bonchev–Trinajstić information content (AvgIpc) is 2.86. The molecular formula is C14H10Cl2F2N4O. The fourth-order valence-corrected chi connectivity index (χ4v) is 2.55. The molecule has 2 N–H and O–H groups in total. The average molecular weight is 359 g/mol. The lowest BCUT2D eigenvalue weighted by atomic mass is 10.2. The van der Waals surface area contributed by atoms with Crippen LogP contribution in [0.5, 0.6) is 5.75 Å². The minimum Gasteiger partial charge on any atom is -0.433 e. The first-order valence-electron chi connectivity index (χ1n) is 6.47. The van der Waals surface area contributed by atoms with Gasteiger partial charge in [-0.3, -0.25) is 0 Å². The zero-order valence-electron chi connectivity index (χ0n) is 11.5. The molecule has 3 rings (SSSR count). The minimum atomic E-state index is -2.98. The molecule has 0 amide bonds. The molecule has 0 bridgehead atoms. The lowest BCUT2D eigenvalue weighted by molar-refractivity contribution is -0.0498. The number of halogens is 4. The van der Waals surface area contributed by atoms with Gasteiger partial charge in [-0.25, -0.2) is 9.67 Å². The standard InChI is InChI=1S/C14H10Cl2F2N4O/c15-7-1-2-12(23-14(17)18)11(3-7)22-10-4-13(16)20-6-8(10)9(5-19)21-22/h1-4,6,14H,5,19H2. The number of rotatable bonds is 4. The Hall–Kier alpha value is -1.96. The summed E-state index contributed by atoms with van der Waals surface area (Å²) >= 11 is 11.9. The summed E-state index contributed by atoms with van der Waals surface area (Å²) in [7, 11) is 0. The Morgan fingerprint density at radius 1 is 1.26 bits per heavy atom. The Bertz CT molecular complexity index is 869. The SMILES string of the molecule is NCc1nn(-c2cc(Cl)ccc2OC(F)F)c2cc(Cl)ncc12. The number of nitrogens with two attached hydrogens (primary N) is 1. The predicted molar refractivity (Wildman–Crippen MR) is 83.4 cm³/mol. The number of nitrogens with zero attached hydrogens (tertiary/aromatic N) is 3. The van der Waals surface area contributed by atoms with Crippen LogP contribution in [0, 0.1) is 0 Å². The molecule has 3 aromatic rings. The molecule has 0 unspecified atom stereocenters. The van der Waals surface area contributed by atoms with Crippen molar-refractivity contribution in [2.45, 2.75) is 13.2 Å². The van der Waals surface area contributed by atoms with Crippen molar-refractivity contribution in [1.82, 2.24) is 14.8 Å². The summed E-state index contributed by atoms with van der Waals surface area (Å²) in [6, 6.07) is 5.84. The van der Waals surface area contributed by atoms with E-state index in [2.05, 4.69) is 14.8 Å². The van der Waals surface area contributed by atoms with Gasteiger partial charge in [-0.2, -0.15) is 13.9 Å². The Labute approximate surface area is 139 Å². The smallest absolute Gasteiger partial charge is 0.387 e. The highest BCUT2D eigenvalue weighted by Gasteiger charge is 2.17. The monoisotopic (exact) mass is 358 g/mol. The molecule has 0 fully saturated rings. The largest absolute Gasteiger partial charge is 0.433 e. The minimum absolute atomic E-state index is 0.0645. The first kappa shape index (κ1) is 15.9. The number of benzene rings is 1. The van der Waals surface area contributed by atoms with Gasteiger partial charge in [-0.15, -0.1) is 0 Å². The number of fused-ring (bicyclic) bond motifs is 1. The van der Waals surface area contributed by atoms with Crippen molar-refractivity contribution >= 4 is 34.1 Å². The molecule has 9 heteroatoms. The molecule has 0 spiro atoms. The van der Waals surface area contributed by atoms with Crippen LogP contribution in [0.25, 0.3) is 16.6 Å². The number of hydrogen-bond donors (Lipinski definition) is 1. The molecule has 0 aliphatic rings. The van der Waals surface area contributed by atoms with E-state index in [0.717, 1.165) is 0 Å². The van der Waals surface area contributed by atoms with E-state index in [9.17, 15) is 8.78 Å². The number of ether oxygens (including phenoxy) is 1. The van der Waals surface area contributed by atoms with Crippen LogP contribution in [0.2, 0.25) is 10.2 Å². The van der Waals surface area contributed by atoms with E-state index < -0.39 is 6.61 Å². The highest BCUT2D eigenvalue weighted by molar-refractivity contribution is 6.31. The first-order valence-corrected chi connectivity index (χ1v) is 7.23. The van der Waals surface area contributed by atoms with Crippen LogP contribution in [0.15, 0.2) is 30.5 Å². The molecule has 0 saturated heterocycles. The van der Waals surface area contributed by atoms with Gasteiger partial charge in [-0.05, 0) is 18.2 Å². The second-order valence-electron chi connectivity index (χ2n) is 4.58. The normalized spacial score (nSPS) is 11.4. The van der Waals surface area contributed by atoms with E-state index in [-0.39, 0.29) is 23.1 Å². The maximum atomic E-state index is 12.6. The fourth-order valence-electron chi connectivity index (χ4n) is 2.23. The maximum Gasteiger partial charge on any atom is 0.387 e. The number of alkyl halides is 2. The molecular weight excluding hydrogens is 349 g/mol. The molecule has 0 atom stereocenters. The topological polar surface area (TPSA) is 66.0 Å². The molecule has 0 aliphatic carbocycles. The Morgan fingerprint density at radius 2 is 2.04 bits per heavy atom. The van der Waals surface area contributed by atoms with E-state index >= 15 is 0 Å².